The number of carbonyl (C=O) groups excluding carboxylic acids is 1. The molecule has 0 amide bonds. The van der Waals surface area contributed by atoms with Gasteiger partial charge in [0.15, 0.2) is 0 Å². The van der Waals surface area contributed by atoms with E-state index in [1.54, 1.807) is 12.1 Å². The first kappa shape index (κ1) is 26.4. The molecule has 30 heavy (non-hydrogen) atoms. The Morgan fingerprint density at radius 2 is 1.53 bits per heavy atom. The van der Waals surface area contributed by atoms with E-state index in [-0.39, 0.29) is 23.4 Å². The summed E-state index contributed by atoms with van der Waals surface area (Å²) in [6.07, 6.45) is 2.22. The molecule has 0 saturated carbocycles. The molecule has 1 aromatic rings. The van der Waals surface area contributed by atoms with E-state index in [4.69, 9.17) is 14.2 Å². The van der Waals surface area contributed by atoms with Gasteiger partial charge in [-0.25, -0.2) is 4.79 Å². The number of carbonyl (C=O) groups is 1. The third kappa shape index (κ3) is 8.27. The summed E-state index contributed by atoms with van der Waals surface area (Å²) in [5, 5.41) is 0. The molecule has 0 fully saturated rings. The quantitative estimate of drug-likeness (QED) is 0.308. The highest BCUT2D eigenvalue weighted by Gasteiger charge is 2.34. The number of ether oxygens (including phenoxy) is 3. The Kier molecular flexibility index (Phi) is 10.3. The van der Waals surface area contributed by atoms with E-state index in [0.29, 0.717) is 18.8 Å². The van der Waals surface area contributed by atoms with Crippen molar-refractivity contribution >= 4 is 11.7 Å². The SMILES string of the molecule is CCCCOCC(C)C(C)(C)OCC(C)C(C)(C)OC(=O)c1ccc(N(C)C)cc1. The summed E-state index contributed by atoms with van der Waals surface area (Å²) in [5.74, 6) is -0.00785. The summed E-state index contributed by atoms with van der Waals surface area (Å²) in [6, 6.07) is 7.45. The van der Waals surface area contributed by atoms with Gasteiger partial charge in [-0.3, -0.25) is 0 Å². The van der Waals surface area contributed by atoms with Gasteiger partial charge in [-0.05, 0) is 58.4 Å². The molecule has 1 rings (SSSR count). The first-order chi connectivity index (χ1) is 13.9. The molecule has 0 aliphatic rings. The molecular weight excluding hydrogens is 378 g/mol. The van der Waals surface area contributed by atoms with Gasteiger partial charge < -0.3 is 19.1 Å². The third-order valence-electron chi connectivity index (χ3n) is 6.06. The standard InChI is InChI=1S/C25H43NO4/c1-10-11-16-28-17-19(2)24(4,5)29-18-20(3)25(6,7)30-23(27)21-12-14-22(15-13-21)26(8)9/h12-15,19-20H,10-11,16-18H2,1-9H3. The Labute approximate surface area is 184 Å². The lowest BCUT2D eigenvalue weighted by molar-refractivity contribution is -0.114. The number of hydrogen-bond donors (Lipinski definition) is 0. The predicted molar refractivity (Wildman–Crippen MR) is 124 cm³/mol. The molecule has 0 N–H and O–H groups in total. The number of rotatable bonds is 13. The highest BCUT2D eigenvalue weighted by Crippen LogP contribution is 2.28. The molecule has 172 valence electrons. The van der Waals surface area contributed by atoms with Crippen LogP contribution in [0, 0.1) is 11.8 Å². The Morgan fingerprint density at radius 1 is 0.967 bits per heavy atom. The summed E-state index contributed by atoms with van der Waals surface area (Å²) in [4.78, 5) is 14.6. The first-order valence-corrected chi connectivity index (χ1v) is 11.1. The highest BCUT2D eigenvalue weighted by atomic mass is 16.6. The minimum atomic E-state index is -0.645. The van der Waals surface area contributed by atoms with Crippen molar-refractivity contribution in [1.82, 2.24) is 0 Å². The van der Waals surface area contributed by atoms with Crippen molar-refractivity contribution in [2.24, 2.45) is 11.8 Å². The zero-order valence-corrected chi connectivity index (χ0v) is 20.6. The van der Waals surface area contributed by atoms with E-state index in [1.807, 2.05) is 45.0 Å². The molecule has 0 aliphatic carbocycles. The van der Waals surface area contributed by atoms with Gasteiger partial charge in [-0.1, -0.05) is 27.2 Å². The van der Waals surface area contributed by atoms with Gasteiger partial charge in [0.2, 0.25) is 0 Å². The van der Waals surface area contributed by atoms with Gasteiger partial charge in [0.25, 0.3) is 0 Å². The summed E-state index contributed by atoms with van der Waals surface area (Å²) >= 11 is 0. The van der Waals surface area contributed by atoms with Gasteiger partial charge in [0.05, 0.1) is 24.4 Å². The number of hydrogen-bond acceptors (Lipinski definition) is 5. The average Bonchev–Trinajstić information content (AvgIpc) is 2.68. The summed E-state index contributed by atoms with van der Waals surface area (Å²) in [5.41, 5.74) is 0.638. The maximum atomic E-state index is 12.6. The van der Waals surface area contributed by atoms with Crippen LogP contribution in [-0.2, 0) is 14.2 Å². The molecule has 2 atom stereocenters. The number of nitrogens with zero attached hydrogens (tertiary/aromatic N) is 1. The second kappa shape index (κ2) is 11.7. The third-order valence-corrected chi connectivity index (χ3v) is 6.06. The van der Waals surface area contributed by atoms with Crippen LogP contribution in [0.3, 0.4) is 0 Å². The molecule has 0 aromatic heterocycles. The minimum absolute atomic E-state index is 0.0370. The molecule has 0 aliphatic heterocycles. The fraction of sp³-hybridized carbons (Fsp3) is 0.720. The lowest BCUT2D eigenvalue weighted by atomic mass is 9.90. The van der Waals surface area contributed by atoms with Gasteiger partial charge >= 0.3 is 5.97 Å². The monoisotopic (exact) mass is 421 g/mol. The molecule has 2 unspecified atom stereocenters. The van der Waals surface area contributed by atoms with Crippen molar-refractivity contribution in [3.63, 3.8) is 0 Å². The highest BCUT2D eigenvalue weighted by molar-refractivity contribution is 5.90. The van der Waals surface area contributed by atoms with E-state index in [9.17, 15) is 4.79 Å². The van der Waals surface area contributed by atoms with E-state index in [1.165, 1.54) is 0 Å². The number of benzene rings is 1. The van der Waals surface area contributed by atoms with Crippen LogP contribution in [0.5, 0.6) is 0 Å². The van der Waals surface area contributed by atoms with Gasteiger partial charge in [0.1, 0.15) is 5.60 Å². The Hall–Kier alpha value is -1.59. The fourth-order valence-corrected chi connectivity index (χ4v) is 2.68. The second-order valence-electron chi connectivity index (χ2n) is 9.58. The van der Waals surface area contributed by atoms with Crippen molar-refractivity contribution in [3.8, 4) is 0 Å². The molecule has 1 aromatic carbocycles. The first-order valence-electron chi connectivity index (χ1n) is 11.1. The van der Waals surface area contributed by atoms with Crippen molar-refractivity contribution in [2.75, 3.05) is 38.8 Å². The van der Waals surface area contributed by atoms with Crippen LogP contribution in [0.25, 0.3) is 0 Å². The van der Waals surface area contributed by atoms with E-state index in [0.717, 1.165) is 25.1 Å². The second-order valence-corrected chi connectivity index (χ2v) is 9.58. The zero-order chi connectivity index (χ0) is 22.9. The van der Waals surface area contributed by atoms with E-state index in [2.05, 4.69) is 34.6 Å². The van der Waals surface area contributed by atoms with Crippen LogP contribution >= 0.6 is 0 Å². The summed E-state index contributed by atoms with van der Waals surface area (Å²) < 4.78 is 17.9. The van der Waals surface area contributed by atoms with Crippen LogP contribution < -0.4 is 4.90 Å². The van der Waals surface area contributed by atoms with Crippen molar-refractivity contribution in [3.05, 3.63) is 29.8 Å². The van der Waals surface area contributed by atoms with Crippen LogP contribution in [0.4, 0.5) is 5.69 Å². The smallest absolute Gasteiger partial charge is 0.338 e. The van der Waals surface area contributed by atoms with Gasteiger partial charge in [-0.15, -0.1) is 0 Å². The van der Waals surface area contributed by atoms with Gasteiger partial charge in [-0.2, -0.15) is 0 Å². The molecule has 5 nitrogen and oxygen atoms in total. The minimum Gasteiger partial charge on any atom is -0.456 e. The van der Waals surface area contributed by atoms with Crippen molar-refractivity contribution < 1.29 is 19.0 Å². The van der Waals surface area contributed by atoms with E-state index < -0.39 is 5.60 Å². The Balaban J connectivity index is 2.59. The van der Waals surface area contributed by atoms with Crippen LogP contribution in [-0.4, -0.2) is 51.1 Å². The lowest BCUT2D eigenvalue weighted by Gasteiger charge is -2.37. The van der Waals surface area contributed by atoms with Crippen LogP contribution in [0.2, 0.25) is 0 Å². The maximum absolute atomic E-state index is 12.6. The predicted octanol–water partition coefficient (Wildman–Crippen LogP) is 5.57. The summed E-state index contributed by atoms with van der Waals surface area (Å²) in [6.45, 7) is 16.4. The lowest BCUT2D eigenvalue weighted by Crippen LogP contribution is -2.42. The maximum Gasteiger partial charge on any atom is 0.338 e. The molecule has 0 radical (unpaired) electrons. The van der Waals surface area contributed by atoms with Crippen LogP contribution in [0.1, 0.15) is 71.7 Å². The number of unbranched alkanes of at least 4 members (excludes halogenated alkanes) is 1. The Morgan fingerprint density at radius 3 is 2.07 bits per heavy atom. The zero-order valence-electron chi connectivity index (χ0n) is 20.6. The number of esters is 1. The molecule has 0 spiro atoms. The molecule has 0 saturated heterocycles. The fourth-order valence-electron chi connectivity index (χ4n) is 2.68. The summed E-state index contributed by atoms with van der Waals surface area (Å²) in [7, 11) is 3.94. The van der Waals surface area contributed by atoms with Crippen LogP contribution in [0.15, 0.2) is 24.3 Å². The van der Waals surface area contributed by atoms with Crippen molar-refractivity contribution in [2.45, 2.75) is 72.5 Å². The molecule has 5 heteroatoms. The van der Waals surface area contributed by atoms with Gasteiger partial charge in [0, 0.05) is 38.2 Å². The number of anilines is 1. The normalized spacial score (nSPS) is 14.3. The topological polar surface area (TPSA) is 48.0 Å². The van der Waals surface area contributed by atoms with Crippen molar-refractivity contribution in [1.29, 1.82) is 0 Å². The molecular formula is C25H43NO4. The molecule has 0 bridgehead atoms. The van der Waals surface area contributed by atoms with E-state index >= 15 is 0 Å². The largest absolute Gasteiger partial charge is 0.456 e. The Bertz CT molecular complexity index is 637. The average molecular weight is 422 g/mol. The molecule has 0 heterocycles.